The Morgan fingerprint density at radius 2 is 1.88 bits per heavy atom. The van der Waals surface area contributed by atoms with E-state index in [0.29, 0.717) is 5.76 Å². The molecule has 5 nitrogen and oxygen atoms in total. The SMILES string of the molecule is CCOP(=O)(OCC)[C@H](N)c1cc(C)c(C)o1. The molecule has 1 rings (SSSR count). The van der Waals surface area contributed by atoms with E-state index in [-0.39, 0.29) is 13.2 Å². The summed E-state index contributed by atoms with van der Waals surface area (Å²) >= 11 is 0. The molecule has 17 heavy (non-hydrogen) atoms. The zero-order valence-corrected chi connectivity index (χ0v) is 11.6. The van der Waals surface area contributed by atoms with Crippen molar-refractivity contribution >= 4 is 7.60 Å². The first-order valence-corrected chi connectivity index (χ1v) is 7.27. The van der Waals surface area contributed by atoms with Crippen molar-refractivity contribution < 1.29 is 18.0 Å². The highest BCUT2D eigenvalue weighted by Gasteiger charge is 2.36. The monoisotopic (exact) mass is 261 g/mol. The predicted molar refractivity (Wildman–Crippen MR) is 66.0 cm³/mol. The molecule has 1 atom stereocenters. The summed E-state index contributed by atoms with van der Waals surface area (Å²) in [6.07, 6.45) is 0. The van der Waals surface area contributed by atoms with E-state index in [2.05, 4.69) is 0 Å². The minimum absolute atomic E-state index is 0.281. The van der Waals surface area contributed by atoms with Gasteiger partial charge in [0.1, 0.15) is 11.5 Å². The molecule has 0 aliphatic carbocycles. The first-order chi connectivity index (χ1) is 7.94. The van der Waals surface area contributed by atoms with Gasteiger partial charge >= 0.3 is 7.60 Å². The summed E-state index contributed by atoms with van der Waals surface area (Å²) in [6, 6.07) is 1.77. The molecule has 0 aromatic carbocycles. The number of nitrogens with two attached hydrogens (primary N) is 1. The van der Waals surface area contributed by atoms with Gasteiger partial charge in [-0.3, -0.25) is 4.57 Å². The summed E-state index contributed by atoms with van der Waals surface area (Å²) in [7, 11) is -3.35. The van der Waals surface area contributed by atoms with Crippen molar-refractivity contribution in [3.63, 3.8) is 0 Å². The lowest BCUT2D eigenvalue weighted by atomic mass is 10.3. The van der Waals surface area contributed by atoms with E-state index in [1.807, 2.05) is 13.8 Å². The van der Waals surface area contributed by atoms with Crippen LogP contribution in [0.25, 0.3) is 0 Å². The van der Waals surface area contributed by atoms with Crippen LogP contribution in [0, 0.1) is 13.8 Å². The maximum absolute atomic E-state index is 12.4. The summed E-state index contributed by atoms with van der Waals surface area (Å²) in [5, 5.41) is 0. The Morgan fingerprint density at radius 3 is 2.24 bits per heavy atom. The Kier molecular flexibility index (Phi) is 4.95. The Balaban J connectivity index is 2.99. The highest BCUT2D eigenvalue weighted by Crippen LogP contribution is 2.58. The van der Waals surface area contributed by atoms with Gasteiger partial charge in [0.05, 0.1) is 13.2 Å². The fraction of sp³-hybridized carbons (Fsp3) is 0.636. The van der Waals surface area contributed by atoms with Gasteiger partial charge < -0.3 is 19.2 Å². The number of hydrogen-bond donors (Lipinski definition) is 1. The van der Waals surface area contributed by atoms with E-state index < -0.39 is 13.4 Å². The standard InChI is InChI=1S/C11H20NO4P/c1-5-14-17(13,15-6-2)11(12)10-7-8(3)9(4)16-10/h7,11H,5-6,12H2,1-4H3/t11-/m0/s1. The third-order valence-electron chi connectivity index (χ3n) is 2.44. The first-order valence-electron chi connectivity index (χ1n) is 5.66. The highest BCUT2D eigenvalue weighted by atomic mass is 31.2. The number of rotatable bonds is 6. The Labute approximate surface area is 102 Å². The van der Waals surface area contributed by atoms with E-state index in [1.54, 1.807) is 19.9 Å². The van der Waals surface area contributed by atoms with Gasteiger partial charge in [-0.2, -0.15) is 0 Å². The zero-order valence-electron chi connectivity index (χ0n) is 10.7. The predicted octanol–water partition coefficient (Wildman–Crippen LogP) is 3.12. The fourth-order valence-electron chi connectivity index (χ4n) is 1.46. The molecular formula is C11H20NO4P. The summed E-state index contributed by atoms with van der Waals surface area (Å²) in [5.41, 5.74) is 6.89. The minimum atomic E-state index is -3.35. The molecule has 0 saturated heterocycles. The van der Waals surface area contributed by atoms with Crippen molar-refractivity contribution in [2.75, 3.05) is 13.2 Å². The van der Waals surface area contributed by atoms with E-state index in [4.69, 9.17) is 19.2 Å². The van der Waals surface area contributed by atoms with Crippen LogP contribution < -0.4 is 5.73 Å². The van der Waals surface area contributed by atoms with Crippen LogP contribution in [-0.2, 0) is 13.6 Å². The van der Waals surface area contributed by atoms with Gasteiger partial charge in [-0.25, -0.2) is 0 Å². The molecular weight excluding hydrogens is 241 g/mol. The van der Waals surface area contributed by atoms with Crippen molar-refractivity contribution in [2.45, 2.75) is 33.5 Å². The average molecular weight is 261 g/mol. The molecule has 0 aliphatic rings. The summed E-state index contributed by atoms with van der Waals surface area (Å²) in [6.45, 7) is 7.79. The maximum atomic E-state index is 12.4. The Morgan fingerprint density at radius 1 is 1.35 bits per heavy atom. The Hall–Kier alpha value is -0.610. The van der Waals surface area contributed by atoms with Gasteiger partial charge in [0.15, 0.2) is 5.78 Å². The lowest BCUT2D eigenvalue weighted by Crippen LogP contribution is -2.14. The maximum Gasteiger partial charge on any atom is 0.354 e. The van der Waals surface area contributed by atoms with Crippen LogP contribution >= 0.6 is 7.60 Å². The van der Waals surface area contributed by atoms with Gasteiger partial charge in [0.25, 0.3) is 0 Å². The third-order valence-corrected chi connectivity index (χ3v) is 4.61. The molecule has 0 saturated carbocycles. The highest BCUT2D eigenvalue weighted by molar-refractivity contribution is 7.54. The van der Waals surface area contributed by atoms with Crippen LogP contribution in [0.4, 0.5) is 0 Å². The van der Waals surface area contributed by atoms with Crippen LogP contribution in [0.15, 0.2) is 10.5 Å². The smallest absolute Gasteiger partial charge is 0.354 e. The lowest BCUT2D eigenvalue weighted by Gasteiger charge is -2.21. The van der Waals surface area contributed by atoms with Crippen molar-refractivity contribution in [1.82, 2.24) is 0 Å². The number of aryl methyl sites for hydroxylation is 2. The topological polar surface area (TPSA) is 74.7 Å². The fourth-order valence-corrected chi connectivity index (χ4v) is 3.02. The van der Waals surface area contributed by atoms with E-state index >= 15 is 0 Å². The van der Waals surface area contributed by atoms with Gasteiger partial charge in [-0.05, 0) is 39.3 Å². The van der Waals surface area contributed by atoms with Gasteiger partial charge in [-0.1, -0.05) is 0 Å². The molecule has 0 spiro atoms. The van der Waals surface area contributed by atoms with Crippen LogP contribution in [0.3, 0.4) is 0 Å². The van der Waals surface area contributed by atoms with Gasteiger partial charge in [0.2, 0.25) is 0 Å². The second-order valence-electron chi connectivity index (χ2n) is 3.71. The molecule has 1 heterocycles. The van der Waals surface area contributed by atoms with E-state index in [0.717, 1.165) is 11.3 Å². The normalized spacial score (nSPS) is 13.9. The quantitative estimate of drug-likeness (QED) is 0.796. The van der Waals surface area contributed by atoms with Crippen molar-refractivity contribution in [2.24, 2.45) is 5.73 Å². The van der Waals surface area contributed by atoms with Crippen molar-refractivity contribution in [3.05, 3.63) is 23.2 Å². The van der Waals surface area contributed by atoms with Crippen molar-refractivity contribution in [1.29, 1.82) is 0 Å². The van der Waals surface area contributed by atoms with Crippen LogP contribution in [-0.4, -0.2) is 13.2 Å². The van der Waals surface area contributed by atoms with Gasteiger partial charge in [0, 0.05) is 0 Å². The molecule has 98 valence electrons. The largest absolute Gasteiger partial charge is 0.464 e. The average Bonchev–Trinajstić information content (AvgIpc) is 2.59. The molecule has 2 N–H and O–H groups in total. The molecule has 1 aromatic heterocycles. The lowest BCUT2D eigenvalue weighted by molar-refractivity contribution is 0.209. The zero-order chi connectivity index (χ0) is 13.1. The van der Waals surface area contributed by atoms with Crippen LogP contribution in [0.1, 0.15) is 36.7 Å². The molecule has 0 fully saturated rings. The Bertz CT molecular complexity index is 386. The molecule has 0 unspecified atom stereocenters. The van der Waals surface area contributed by atoms with Crippen LogP contribution in [0.2, 0.25) is 0 Å². The number of furan rings is 1. The molecule has 1 aromatic rings. The third kappa shape index (κ3) is 3.19. The number of hydrogen-bond acceptors (Lipinski definition) is 5. The summed E-state index contributed by atoms with van der Waals surface area (Å²) in [5.74, 6) is 0.315. The molecule has 0 radical (unpaired) electrons. The second kappa shape index (κ2) is 5.83. The van der Waals surface area contributed by atoms with E-state index in [9.17, 15) is 4.57 Å². The van der Waals surface area contributed by atoms with Gasteiger partial charge in [-0.15, -0.1) is 0 Å². The van der Waals surface area contributed by atoms with E-state index in [1.165, 1.54) is 0 Å². The molecule has 6 heteroatoms. The van der Waals surface area contributed by atoms with Crippen LogP contribution in [0.5, 0.6) is 0 Å². The first kappa shape index (κ1) is 14.5. The minimum Gasteiger partial charge on any atom is -0.464 e. The second-order valence-corrected chi connectivity index (χ2v) is 5.86. The summed E-state index contributed by atoms with van der Waals surface area (Å²) < 4.78 is 28.2. The molecule has 0 amide bonds. The molecule has 0 bridgehead atoms. The van der Waals surface area contributed by atoms with Crippen molar-refractivity contribution in [3.8, 4) is 0 Å². The summed E-state index contributed by atoms with van der Waals surface area (Å²) in [4.78, 5) is 0. The molecule has 0 aliphatic heterocycles.